The summed E-state index contributed by atoms with van der Waals surface area (Å²) in [6.45, 7) is 9.74. The Morgan fingerprint density at radius 1 is 1.05 bits per heavy atom. The van der Waals surface area contributed by atoms with Crippen LogP contribution in [0.5, 0.6) is 0 Å². The molecule has 3 amide bonds. The molecule has 2 atom stereocenters. The number of nitrogens with one attached hydrogen (secondary N) is 2. The summed E-state index contributed by atoms with van der Waals surface area (Å²) in [6, 6.07) is 12.3. The van der Waals surface area contributed by atoms with E-state index in [9.17, 15) is 24.3 Å². The molecule has 0 spiro atoms. The molecule has 0 saturated carbocycles. The Labute approximate surface area is 240 Å². The summed E-state index contributed by atoms with van der Waals surface area (Å²) in [6.07, 6.45) is 0.328. The number of esters is 1. The summed E-state index contributed by atoms with van der Waals surface area (Å²) in [5, 5.41) is 17.5. The van der Waals surface area contributed by atoms with Crippen LogP contribution in [0.15, 0.2) is 48.5 Å². The van der Waals surface area contributed by atoms with Crippen molar-refractivity contribution in [1.29, 1.82) is 0 Å². The Kier molecular flexibility index (Phi) is 9.97. The second kappa shape index (κ2) is 12.8. The van der Waals surface area contributed by atoms with E-state index in [1.165, 1.54) is 12.1 Å². The van der Waals surface area contributed by atoms with Crippen LogP contribution in [0.3, 0.4) is 0 Å². The van der Waals surface area contributed by atoms with E-state index in [1.54, 1.807) is 36.1 Å². The average molecular weight is 572 g/mol. The number of carbonyl (C=O) groups excluding carboxylic acids is 4. The van der Waals surface area contributed by atoms with Gasteiger partial charge < -0.3 is 25.4 Å². The summed E-state index contributed by atoms with van der Waals surface area (Å²) in [5.41, 5.74) is -0.680. The maximum absolute atomic E-state index is 13.7. The van der Waals surface area contributed by atoms with Crippen molar-refractivity contribution in [1.82, 2.24) is 15.5 Å². The van der Waals surface area contributed by atoms with Gasteiger partial charge in [-0.3, -0.25) is 19.2 Å². The van der Waals surface area contributed by atoms with Gasteiger partial charge >= 0.3 is 5.97 Å². The lowest BCUT2D eigenvalue weighted by Gasteiger charge is -2.51. The van der Waals surface area contributed by atoms with Crippen LogP contribution in [0.2, 0.25) is 5.02 Å². The Hall–Kier alpha value is -3.43. The maximum atomic E-state index is 13.7. The average Bonchev–Trinajstić information content (AvgIpc) is 2.91. The van der Waals surface area contributed by atoms with Crippen LogP contribution in [0.4, 0.5) is 0 Å². The smallest absolute Gasteiger partial charge is 0.325 e. The van der Waals surface area contributed by atoms with Gasteiger partial charge in [0.15, 0.2) is 0 Å². The number of amides is 3. The Morgan fingerprint density at radius 2 is 1.68 bits per heavy atom. The second-order valence-electron chi connectivity index (χ2n) is 11.0. The van der Waals surface area contributed by atoms with Gasteiger partial charge in [0.2, 0.25) is 5.91 Å². The zero-order chi connectivity index (χ0) is 29.7. The fourth-order valence-electron chi connectivity index (χ4n) is 4.97. The highest BCUT2D eigenvalue weighted by Crippen LogP contribution is 2.46. The van der Waals surface area contributed by atoms with Gasteiger partial charge in [0.1, 0.15) is 12.6 Å². The number of benzene rings is 2. The number of carbonyl (C=O) groups is 4. The number of ether oxygens (including phenoxy) is 1. The summed E-state index contributed by atoms with van der Waals surface area (Å²) >= 11 is 6.04. The van der Waals surface area contributed by atoms with Gasteiger partial charge in [0, 0.05) is 34.7 Å². The van der Waals surface area contributed by atoms with Crippen LogP contribution in [0.1, 0.15) is 67.3 Å². The van der Waals surface area contributed by atoms with Crippen molar-refractivity contribution in [3.05, 3.63) is 70.2 Å². The molecule has 3 N–H and O–H groups in total. The summed E-state index contributed by atoms with van der Waals surface area (Å²) < 4.78 is 4.81. The second-order valence-corrected chi connectivity index (χ2v) is 11.5. The standard InChI is InChI=1S/C30H38ClN3O6/c1-6-40-24(35)17-32-26(36)20-8-7-9-21(16-20)27(37)33-25(19(2)3)28(38)34-15-14-30(39,29(4,5)18-34)22-10-12-23(31)13-11-22/h7-13,16,19,25,39H,6,14-15,17-18H2,1-5H3,(H,32,36)(H,33,37). The highest BCUT2D eigenvalue weighted by atomic mass is 35.5. The minimum Gasteiger partial charge on any atom is -0.465 e. The summed E-state index contributed by atoms with van der Waals surface area (Å²) in [7, 11) is 0. The fraction of sp³-hybridized carbons (Fsp3) is 0.467. The molecule has 1 heterocycles. The van der Waals surface area contributed by atoms with E-state index in [2.05, 4.69) is 10.6 Å². The van der Waals surface area contributed by atoms with Gasteiger partial charge in [0.05, 0.1) is 12.2 Å². The zero-order valence-corrected chi connectivity index (χ0v) is 24.4. The molecular formula is C30H38ClN3O6. The molecule has 1 aliphatic rings. The molecular weight excluding hydrogens is 534 g/mol. The topological polar surface area (TPSA) is 125 Å². The first-order valence-electron chi connectivity index (χ1n) is 13.4. The van der Waals surface area contributed by atoms with Crippen molar-refractivity contribution < 1.29 is 29.0 Å². The van der Waals surface area contributed by atoms with E-state index in [1.807, 2.05) is 39.8 Å². The van der Waals surface area contributed by atoms with Crippen molar-refractivity contribution in [2.75, 3.05) is 26.2 Å². The number of hydrogen-bond acceptors (Lipinski definition) is 6. The number of halogens is 1. The van der Waals surface area contributed by atoms with Crippen molar-refractivity contribution in [2.24, 2.45) is 11.3 Å². The number of hydrogen-bond donors (Lipinski definition) is 3. The molecule has 3 rings (SSSR count). The van der Waals surface area contributed by atoms with Crippen LogP contribution in [-0.4, -0.2) is 66.0 Å². The Balaban J connectivity index is 1.71. The number of nitrogens with zero attached hydrogens (tertiary/aromatic N) is 1. The number of aliphatic hydroxyl groups is 1. The van der Waals surface area contributed by atoms with Crippen LogP contribution < -0.4 is 10.6 Å². The van der Waals surface area contributed by atoms with Gasteiger partial charge in [-0.2, -0.15) is 0 Å². The monoisotopic (exact) mass is 571 g/mol. The molecule has 0 radical (unpaired) electrons. The van der Waals surface area contributed by atoms with Gasteiger partial charge in [-0.05, 0) is 55.2 Å². The van der Waals surface area contributed by atoms with Crippen molar-refractivity contribution in [3.8, 4) is 0 Å². The highest BCUT2D eigenvalue weighted by molar-refractivity contribution is 6.30. The molecule has 40 heavy (non-hydrogen) atoms. The molecule has 1 aliphatic heterocycles. The van der Waals surface area contributed by atoms with Crippen molar-refractivity contribution in [3.63, 3.8) is 0 Å². The maximum Gasteiger partial charge on any atom is 0.325 e. The third-order valence-corrected chi connectivity index (χ3v) is 7.64. The first-order valence-corrected chi connectivity index (χ1v) is 13.8. The minimum atomic E-state index is -1.15. The molecule has 1 saturated heterocycles. The van der Waals surface area contributed by atoms with E-state index in [-0.39, 0.29) is 36.1 Å². The normalized spacial score (nSPS) is 19.1. The predicted molar refractivity (Wildman–Crippen MR) is 152 cm³/mol. The fourth-order valence-corrected chi connectivity index (χ4v) is 5.10. The largest absolute Gasteiger partial charge is 0.465 e. The van der Waals surface area contributed by atoms with Crippen LogP contribution in [0.25, 0.3) is 0 Å². The lowest BCUT2D eigenvalue weighted by Crippen LogP contribution is -2.60. The number of likely N-dealkylation sites (tertiary alicyclic amines) is 1. The summed E-state index contributed by atoms with van der Waals surface area (Å²) in [5.74, 6) is -2.04. The molecule has 0 bridgehead atoms. The van der Waals surface area contributed by atoms with Gasteiger partial charge in [-0.15, -0.1) is 0 Å². The quantitative estimate of drug-likeness (QED) is 0.395. The van der Waals surface area contributed by atoms with E-state index in [4.69, 9.17) is 16.3 Å². The molecule has 0 aromatic heterocycles. The molecule has 2 unspecified atom stereocenters. The molecule has 0 aliphatic carbocycles. The highest BCUT2D eigenvalue weighted by Gasteiger charge is 2.50. The molecule has 2 aromatic carbocycles. The lowest BCUT2D eigenvalue weighted by atomic mass is 9.66. The molecule has 2 aromatic rings. The molecule has 10 heteroatoms. The molecule has 9 nitrogen and oxygen atoms in total. The Bertz CT molecular complexity index is 1250. The SMILES string of the molecule is CCOC(=O)CNC(=O)c1cccc(C(=O)NC(C(=O)N2CCC(O)(c3ccc(Cl)cc3)C(C)(C)C2)C(C)C)c1. The first-order chi connectivity index (χ1) is 18.8. The third-order valence-electron chi connectivity index (χ3n) is 7.39. The van der Waals surface area contributed by atoms with E-state index in [0.717, 1.165) is 5.56 Å². The molecule has 216 valence electrons. The van der Waals surface area contributed by atoms with Gasteiger partial charge in [0.25, 0.3) is 11.8 Å². The number of piperidine rings is 1. The summed E-state index contributed by atoms with van der Waals surface area (Å²) in [4.78, 5) is 52.5. The van der Waals surface area contributed by atoms with Crippen LogP contribution >= 0.6 is 11.6 Å². The Morgan fingerprint density at radius 3 is 2.25 bits per heavy atom. The predicted octanol–water partition coefficient (Wildman–Crippen LogP) is 3.53. The van der Waals surface area contributed by atoms with Crippen LogP contribution in [-0.2, 0) is 19.9 Å². The van der Waals surface area contributed by atoms with Gasteiger partial charge in [-0.1, -0.05) is 57.5 Å². The molecule has 1 fully saturated rings. The minimum absolute atomic E-state index is 0.198. The first kappa shape index (κ1) is 31.1. The van der Waals surface area contributed by atoms with Crippen LogP contribution in [0, 0.1) is 11.3 Å². The third kappa shape index (κ3) is 7.01. The zero-order valence-electron chi connectivity index (χ0n) is 23.6. The number of rotatable bonds is 9. The van der Waals surface area contributed by atoms with E-state index < -0.39 is 34.8 Å². The van der Waals surface area contributed by atoms with E-state index >= 15 is 0 Å². The lowest BCUT2D eigenvalue weighted by molar-refractivity contribution is -0.155. The van der Waals surface area contributed by atoms with Gasteiger partial charge in [-0.25, -0.2) is 0 Å². The van der Waals surface area contributed by atoms with Crippen molar-refractivity contribution in [2.45, 2.75) is 52.7 Å². The van der Waals surface area contributed by atoms with E-state index in [0.29, 0.717) is 24.5 Å². The van der Waals surface area contributed by atoms with Crippen molar-refractivity contribution >= 4 is 35.3 Å².